The van der Waals surface area contributed by atoms with Gasteiger partial charge in [-0.05, 0) is 29.5 Å². The number of rotatable bonds is 1. The summed E-state index contributed by atoms with van der Waals surface area (Å²) in [5, 5.41) is 12.6. The third-order valence-corrected chi connectivity index (χ3v) is 5.97. The highest BCUT2D eigenvalue weighted by atomic mass is 16.3. The van der Waals surface area contributed by atoms with E-state index in [2.05, 4.69) is 41.4 Å². The summed E-state index contributed by atoms with van der Waals surface area (Å²) in [6, 6.07) is 19.5. The Labute approximate surface area is 180 Å². The van der Waals surface area contributed by atoms with Crippen molar-refractivity contribution in [1.82, 2.24) is 9.58 Å². The molecule has 2 aliphatic rings. The van der Waals surface area contributed by atoms with Gasteiger partial charge in [0.15, 0.2) is 11.4 Å². The molecule has 0 radical (unpaired) electrons. The van der Waals surface area contributed by atoms with Gasteiger partial charge in [-0.2, -0.15) is 0 Å². The standard InChI is InChI=1S/C25H23N3O3/c29-21-14-16-27-23(24(21)30)25(31)26-15-8-2-5-9-18-10-6-7-13-20(18)22(28(27)17-26)19-11-3-1-4-12-19/h1-7,10-14,16,22,30H,8-9,15,17H2/b5-2-. The first-order chi connectivity index (χ1) is 15.1. The lowest BCUT2D eigenvalue weighted by molar-refractivity contribution is 0.0683. The molecule has 0 spiro atoms. The largest absolute Gasteiger partial charge is 0.502 e. The van der Waals surface area contributed by atoms with Crippen molar-refractivity contribution in [2.24, 2.45) is 0 Å². The molecular formula is C25H23N3O3. The average molecular weight is 413 g/mol. The van der Waals surface area contributed by atoms with Crippen LogP contribution in [0.3, 0.4) is 0 Å². The molecule has 1 aromatic heterocycles. The molecule has 156 valence electrons. The molecule has 6 heteroatoms. The van der Waals surface area contributed by atoms with Crippen molar-refractivity contribution >= 4 is 5.91 Å². The number of carbonyl (C=O) groups is 1. The first kappa shape index (κ1) is 19.2. The van der Waals surface area contributed by atoms with Crippen molar-refractivity contribution in [3.63, 3.8) is 0 Å². The van der Waals surface area contributed by atoms with Crippen LogP contribution in [0, 0.1) is 0 Å². The summed E-state index contributed by atoms with van der Waals surface area (Å²) in [6.07, 6.45) is 7.32. The van der Waals surface area contributed by atoms with Crippen molar-refractivity contribution in [3.05, 3.63) is 112 Å². The molecule has 5 rings (SSSR count). The van der Waals surface area contributed by atoms with Crippen LogP contribution in [-0.2, 0) is 6.42 Å². The van der Waals surface area contributed by atoms with Crippen LogP contribution in [0.1, 0.15) is 39.6 Å². The van der Waals surface area contributed by atoms with E-state index in [1.807, 2.05) is 30.3 Å². The van der Waals surface area contributed by atoms with Gasteiger partial charge < -0.3 is 10.0 Å². The number of amides is 1. The first-order valence-corrected chi connectivity index (χ1v) is 10.4. The highest BCUT2D eigenvalue weighted by Crippen LogP contribution is 2.34. The smallest absolute Gasteiger partial charge is 0.277 e. The molecule has 0 fully saturated rings. The highest BCUT2D eigenvalue weighted by Gasteiger charge is 2.36. The molecule has 0 saturated heterocycles. The van der Waals surface area contributed by atoms with Crippen molar-refractivity contribution in [3.8, 4) is 5.75 Å². The van der Waals surface area contributed by atoms with Gasteiger partial charge in [0.2, 0.25) is 5.43 Å². The molecule has 3 heterocycles. The summed E-state index contributed by atoms with van der Waals surface area (Å²) in [5.74, 6) is -0.841. The monoisotopic (exact) mass is 413 g/mol. The number of benzene rings is 2. The van der Waals surface area contributed by atoms with Gasteiger partial charge >= 0.3 is 0 Å². The van der Waals surface area contributed by atoms with Gasteiger partial charge in [0.1, 0.15) is 6.67 Å². The lowest BCUT2D eigenvalue weighted by Crippen LogP contribution is -2.55. The molecule has 3 aromatic rings. The minimum Gasteiger partial charge on any atom is -0.502 e. The maximum Gasteiger partial charge on any atom is 0.277 e. The Kier molecular flexibility index (Phi) is 4.82. The second kappa shape index (κ2) is 7.80. The van der Waals surface area contributed by atoms with Crippen LogP contribution in [-0.4, -0.2) is 33.8 Å². The van der Waals surface area contributed by atoms with Crippen LogP contribution in [0.2, 0.25) is 0 Å². The van der Waals surface area contributed by atoms with Crippen molar-refractivity contribution in [2.45, 2.75) is 18.9 Å². The zero-order valence-electron chi connectivity index (χ0n) is 17.0. The van der Waals surface area contributed by atoms with Gasteiger partial charge in [0, 0.05) is 18.8 Å². The summed E-state index contributed by atoms with van der Waals surface area (Å²) >= 11 is 0. The third-order valence-electron chi connectivity index (χ3n) is 5.97. The molecule has 31 heavy (non-hydrogen) atoms. The van der Waals surface area contributed by atoms with Crippen molar-refractivity contribution < 1.29 is 9.90 Å². The van der Waals surface area contributed by atoms with E-state index >= 15 is 0 Å². The number of aromatic nitrogens is 1. The molecule has 0 saturated carbocycles. The van der Waals surface area contributed by atoms with E-state index in [-0.39, 0.29) is 17.6 Å². The Morgan fingerprint density at radius 1 is 0.903 bits per heavy atom. The van der Waals surface area contributed by atoms with Gasteiger partial charge in [-0.15, -0.1) is 0 Å². The second-order valence-corrected chi connectivity index (χ2v) is 7.85. The number of aromatic hydroxyl groups is 1. The normalized spacial score (nSPS) is 19.2. The molecule has 0 aliphatic carbocycles. The molecule has 1 unspecified atom stereocenters. The molecule has 2 bridgehead atoms. The number of fused-ring (bicyclic) bond motifs is 5. The minimum atomic E-state index is -0.553. The summed E-state index contributed by atoms with van der Waals surface area (Å²) in [4.78, 5) is 27.1. The van der Waals surface area contributed by atoms with E-state index in [1.54, 1.807) is 15.8 Å². The molecule has 6 nitrogen and oxygen atoms in total. The predicted octanol–water partition coefficient (Wildman–Crippen LogP) is 3.20. The molecular weight excluding hydrogens is 390 g/mol. The van der Waals surface area contributed by atoms with Gasteiger partial charge in [-0.3, -0.25) is 19.3 Å². The molecule has 2 aromatic carbocycles. The van der Waals surface area contributed by atoms with E-state index in [0.29, 0.717) is 19.6 Å². The number of carbonyl (C=O) groups excluding carboxylic acids is 1. The lowest BCUT2D eigenvalue weighted by atomic mass is 9.92. The second-order valence-electron chi connectivity index (χ2n) is 7.85. The summed E-state index contributed by atoms with van der Waals surface area (Å²) < 4.78 is 1.65. The SMILES string of the molecule is O=C1c2c(O)c(=O)ccn2N2CN1CC/C=C\Cc1ccccc1C2c1ccccc1. The quantitative estimate of drug-likeness (QED) is 0.623. The van der Waals surface area contributed by atoms with Crippen LogP contribution in [0.25, 0.3) is 0 Å². The molecule has 1 N–H and O–H groups in total. The van der Waals surface area contributed by atoms with Crippen molar-refractivity contribution in [2.75, 3.05) is 18.2 Å². The van der Waals surface area contributed by atoms with E-state index < -0.39 is 11.2 Å². The van der Waals surface area contributed by atoms with Crippen LogP contribution in [0.15, 0.2) is 83.8 Å². The Morgan fingerprint density at radius 2 is 1.68 bits per heavy atom. The zero-order valence-corrected chi connectivity index (χ0v) is 17.0. The van der Waals surface area contributed by atoms with Gasteiger partial charge in [0.05, 0.1) is 6.04 Å². The van der Waals surface area contributed by atoms with E-state index in [1.165, 1.54) is 11.6 Å². The lowest BCUT2D eigenvalue weighted by Gasteiger charge is -2.44. The minimum absolute atomic E-state index is 0.0142. The van der Waals surface area contributed by atoms with Crippen LogP contribution in [0.4, 0.5) is 0 Å². The molecule has 2 aliphatic heterocycles. The Bertz CT molecular complexity index is 1220. The topological polar surface area (TPSA) is 65.8 Å². The first-order valence-electron chi connectivity index (χ1n) is 10.4. The Morgan fingerprint density at radius 3 is 2.52 bits per heavy atom. The fourth-order valence-electron chi connectivity index (χ4n) is 4.46. The Balaban J connectivity index is 1.80. The van der Waals surface area contributed by atoms with Crippen LogP contribution >= 0.6 is 0 Å². The van der Waals surface area contributed by atoms with Gasteiger partial charge in [-0.25, -0.2) is 0 Å². The summed E-state index contributed by atoms with van der Waals surface area (Å²) in [7, 11) is 0. The van der Waals surface area contributed by atoms with Crippen LogP contribution in [0.5, 0.6) is 5.75 Å². The fraction of sp³-hybridized carbons (Fsp3) is 0.200. The van der Waals surface area contributed by atoms with E-state index in [4.69, 9.17) is 0 Å². The molecule has 1 amide bonds. The zero-order chi connectivity index (χ0) is 21.4. The Hall–Kier alpha value is -3.80. The van der Waals surface area contributed by atoms with E-state index in [0.717, 1.165) is 17.5 Å². The number of hydrogen-bond donors (Lipinski definition) is 1. The van der Waals surface area contributed by atoms with Crippen molar-refractivity contribution in [1.29, 1.82) is 0 Å². The van der Waals surface area contributed by atoms with Gasteiger partial charge in [-0.1, -0.05) is 66.7 Å². The third kappa shape index (κ3) is 3.30. The number of pyridine rings is 1. The highest BCUT2D eigenvalue weighted by molar-refractivity contribution is 5.96. The number of nitrogens with zero attached hydrogens (tertiary/aromatic N) is 3. The average Bonchev–Trinajstić information content (AvgIpc) is 2.82. The summed E-state index contributed by atoms with van der Waals surface area (Å²) in [5.41, 5.74) is 2.85. The predicted molar refractivity (Wildman–Crippen MR) is 119 cm³/mol. The summed E-state index contributed by atoms with van der Waals surface area (Å²) in [6.45, 7) is 0.849. The van der Waals surface area contributed by atoms with Crippen LogP contribution < -0.4 is 10.4 Å². The molecule has 1 atom stereocenters. The number of allylic oxidation sites excluding steroid dienone is 1. The van der Waals surface area contributed by atoms with E-state index in [9.17, 15) is 14.7 Å². The maximum atomic E-state index is 13.2. The fourth-order valence-corrected chi connectivity index (χ4v) is 4.46. The van der Waals surface area contributed by atoms with Gasteiger partial charge in [0.25, 0.3) is 5.91 Å². The maximum absolute atomic E-state index is 13.2. The number of hydrogen-bond acceptors (Lipinski definition) is 4.